The summed E-state index contributed by atoms with van der Waals surface area (Å²) in [6.45, 7) is -0.106. The van der Waals surface area contributed by atoms with Crippen LogP contribution in [-0.4, -0.2) is 41.6 Å². The third-order valence-electron chi connectivity index (χ3n) is 4.63. The van der Waals surface area contributed by atoms with Crippen molar-refractivity contribution >= 4 is 17.6 Å². The predicted molar refractivity (Wildman–Crippen MR) is 108 cm³/mol. The second-order valence-electron chi connectivity index (χ2n) is 6.90. The SMILES string of the molecule is CC(=O)C(c1ccc(N)cc1)C(NC(=O)OCc1ccccc1)C(O)C(F)(F)CN. The average molecular weight is 421 g/mol. The molecule has 0 spiro atoms. The molecule has 3 atom stereocenters. The van der Waals surface area contributed by atoms with Gasteiger partial charge in [-0.15, -0.1) is 0 Å². The van der Waals surface area contributed by atoms with Crippen molar-refractivity contribution < 1.29 is 28.2 Å². The van der Waals surface area contributed by atoms with Gasteiger partial charge in [-0.3, -0.25) is 4.79 Å². The lowest BCUT2D eigenvalue weighted by atomic mass is 9.83. The lowest BCUT2D eigenvalue weighted by Crippen LogP contribution is -2.57. The summed E-state index contributed by atoms with van der Waals surface area (Å²) in [6, 6.07) is 13.0. The average Bonchev–Trinajstić information content (AvgIpc) is 2.73. The predicted octanol–water partition coefficient (Wildman–Crippen LogP) is 2.19. The standard InChI is InChI=1S/C21H25F2N3O4/c1-13(27)17(15-7-9-16(25)10-8-15)18(19(28)21(22,23)12-24)26-20(29)30-11-14-5-3-2-4-6-14/h2-10,17-19,28H,11-12,24-25H2,1H3,(H,26,29). The molecule has 0 heterocycles. The third kappa shape index (κ3) is 5.98. The molecule has 0 saturated heterocycles. The van der Waals surface area contributed by atoms with E-state index in [2.05, 4.69) is 5.32 Å². The van der Waals surface area contributed by atoms with Crippen LogP contribution in [0.5, 0.6) is 0 Å². The fourth-order valence-corrected chi connectivity index (χ4v) is 3.03. The van der Waals surface area contributed by atoms with Gasteiger partial charge >= 0.3 is 6.09 Å². The summed E-state index contributed by atoms with van der Waals surface area (Å²) < 4.78 is 33.5. The van der Waals surface area contributed by atoms with E-state index in [1.54, 1.807) is 30.3 Å². The van der Waals surface area contributed by atoms with Gasteiger partial charge in [0, 0.05) is 5.69 Å². The summed E-state index contributed by atoms with van der Waals surface area (Å²) in [5.41, 5.74) is 12.1. The molecule has 2 aromatic rings. The molecular formula is C21H25F2N3O4. The minimum absolute atomic E-state index is 0.116. The van der Waals surface area contributed by atoms with Gasteiger partial charge in [0.05, 0.1) is 18.5 Å². The molecule has 9 heteroatoms. The van der Waals surface area contributed by atoms with Crippen LogP contribution in [-0.2, 0) is 16.1 Å². The van der Waals surface area contributed by atoms with Gasteiger partial charge in [0.2, 0.25) is 0 Å². The number of carbonyl (C=O) groups excluding carboxylic acids is 2. The second-order valence-corrected chi connectivity index (χ2v) is 6.90. The maximum absolute atomic E-state index is 14.2. The molecule has 0 aliphatic carbocycles. The first-order valence-electron chi connectivity index (χ1n) is 9.24. The molecule has 30 heavy (non-hydrogen) atoms. The van der Waals surface area contributed by atoms with Crippen molar-refractivity contribution in [3.8, 4) is 0 Å². The van der Waals surface area contributed by atoms with Crippen molar-refractivity contribution in [3.05, 3.63) is 65.7 Å². The van der Waals surface area contributed by atoms with E-state index in [9.17, 15) is 23.5 Å². The molecule has 162 valence electrons. The van der Waals surface area contributed by atoms with E-state index < -0.39 is 42.4 Å². The van der Waals surface area contributed by atoms with Crippen molar-refractivity contribution in [1.29, 1.82) is 0 Å². The Morgan fingerprint density at radius 3 is 2.27 bits per heavy atom. The summed E-state index contributed by atoms with van der Waals surface area (Å²) in [6.07, 6.45) is -3.49. The number of anilines is 1. The number of rotatable bonds is 9. The number of Topliss-reactive ketones (excluding diaryl/α,β-unsaturated/α-hetero) is 1. The molecule has 0 radical (unpaired) electrons. The second kappa shape index (κ2) is 10.1. The molecule has 7 nitrogen and oxygen atoms in total. The normalized spacial score (nSPS) is 14.4. The zero-order chi connectivity index (χ0) is 22.3. The topological polar surface area (TPSA) is 128 Å². The number of amides is 1. The fourth-order valence-electron chi connectivity index (χ4n) is 3.03. The number of nitrogens with one attached hydrogen (secondary N) is 1. The first kappa shape index (κ1) is 23.2. The van der Waals surface area contributed by atoms with Gasteiger partial charge in [0.25, 0.3) is 5.92 Å². The van der Waals surface area contributed by atoms with Crippen LogP contribution in [0.4, 0.5) is 19.3 Å². The lowest BCUT2D eigenvalue weighted by molar-refractivity contribution is -0.130. The van der Waals surface area contributed by atoms with E-state index in [0.717, 1.165) is 0 Å². The van der Waals surface area contributed by atoms with Crippen LogP contribution in [0.1, 0.15) is 24.0 Å². The smallest absolute Gasteiger partial charge is 0.407 e. The van der Waals surface area contributed by atoms with E-state index in [0.29, 0.717) is 16.8 Å². The summed E-state index contributed by atoms with van der Waals surface area (Å²) in [5, 5.41) is 12.6. The van der Waals surface area contributed by atoms with Crippen molar-refractivity contribution in [2.75, 3.05) is 12.3 Å². The van der Waals surface area contributed by atoms with Gasteiger partial charge in [-0.25, -0.2) is 13.6 Å². The molecule has 0 aliphatic rings. The number of nitrogens with two attached hydrogens (primary N) is 2. The Bertz CT molecular complexity index is 847. The number of ketones is 1. The Kier molecular flexibility index (Phi) is 7.85. The number of aliphatic hydroxyl groups excluding tert-OH is 1. The number of hydrogen-bond donors (Lipinski definition) is 4. The highest BCUT2D eigenvalue weighted by molar-refractivity contribution is 5.85. The first-order valence-corrected chi connectivity index (χ1v) is 9.24. The summed E-state index contributed by atoms with van der Waals surface area (Å²) >= 11 is 0. The Labute approximate surface area is 173 Å². The van der Waals surface area contributed by atoms with E-state index in [4.69, 9.17) is 16.2 Å². The summed E-state index contributed by atoms with van der Waals surface area (Å²) in [5.74, 6) is -5.57. The van der Waals surface area contributed by atoms with E-state index in [1.165, 1.54) is 31.2 Å². The Morgan fingerprint density at radius 1 is 1.13 bits per heavy atom. The number of nitrogen functional groups attached to an aromatic ring is 1. The number of carbonyl (C=O) groups is 2. The van der Waals surface area contributed by atoms with Crippen LogP contribution < -0.4 is 16.8 Å². The van der Waals surface area contributed by atoms with E-state index >= 15 is 0 Å². The van der Waals surface area contributed by atoms with Crippen LogP contribution in [0.2, 0.25) is 0 Å². The highest BCUT2D eigenvalue weighted by Crippen LogP contribution is 2.30. The molecule has 0 saturated carbocycles. The monoisotopic (exact) mass is 421 g/mol. The zero-order valence-corrected chi connectivity index (χ0v) is 16.4. The maximum atomic E-state index is 14.2. The number of ether oxygens (including phenoxy) is 1. The van der Waals surface area contributed by atoms with Crippen molar-refractivity contribution in [3.63, 3.8) is 0 Å². The quantitative estimate of drug-likeness (QED) is 0.460. The summed E-state index contributed by atoms with van der Waals surface area (Å²) in [7, 11) is 0. The van der Waals surface area contributed by atoms with Crippen LogP contribution in [0.15, 0.2) is 54.6 Å². The fraction of sp³-hybridized carbons (Fsp3) is 0.333. The molecule has 1 amide bonds. The van der Waals surface area contributed by atoms with Crippen LogP contribution in [0, 0.1) is 0 Å². The van der Waals surface area contributed by atoms with Crippen molar-refractivity contribution in [2.45, 2.75) is 37.5 Å². The first-order chi connectivity index (χ1) is 14.2. The number of benzene rings is 2. The maximum Gasteiger partial charge on any atom is 0.407 e. The van der Waals surface area contributed by atoms with Crippen LogP contribution >= 0.6 is 0 Å². The van der Waals surface area contributed by atoms with Gasteiger partial charge in [0.15, 0.2) is 0 Å². The zero-order valence-electron chi connectivity index (χ0n) is 16.4. The lowest BCUT2D eigenvalue weighted by Gasteiger charge is -2.34. The molecule has 0 bridgehead atoms. The molecule has 0 fully saturated rings. The number of alkyl carbamates (subject to hydrolysis) is 1. The van der Waals surface area contributed by atoms with Crippen molar-refractivity contribution in [1.82, 2.24) is 5.32 Å². The van der Waals surface area contributed by atoms with Gasteiger partial charge in [-0.2, -0.15) is 0 Å². The number of hydrogen-bond acceptors (Lipinski definition) is 6. The number of halogens is 2. The van der Waals surface area contributed by atoms with Crippen LogP contribution in [0.25, 0.3) is 0 Å². The number of aliphatic hydroxyl groups is 1. The Hall–Kier alpha value is -3.04. The van der Waals surface area contributed by atoms with Crippen molar-refractivity contribution in [2.24, 2.45) is 5.73 Å². The Morgan fingerprint density at radius 2 is 1.73 bits per heavy atom. The van der Waals surface area contributed by atoms with E-state index in [1.807, 2.05) is 0 Å². The highest BCUT2D eigenvalue weighted by atomic mass is 19.3. The third-order valence-corrected chi connectivity index (χ3v) is 4.63. The minimum Gasteiger partial charge on any atom is -0.445 e. The molecule has 3 unspecified atom stereocenters. The molecule has 0 aromatic heterocycles. The molecule has 6 N–H and O–H groups in total. The highest BCUT2D eigenvalue weighted by Gasteiger charge is 2.47. The molecule has 0 aliphatic heterocycles. The van der Waals surface area contributed by atoms with Crippen LogP contribution in [0.3, 0.4) is 0 Å². The molecular weight excluding hydrogens is 396 g/mol. The van der Waals surface area contributed by atoms with Gasteiger partial charge in [-0.05, 0) is 30.2 Å². The van der Waals surface area contributed by atoms with E-state index in [-0.39, 0.29) is 6.61 Å². The van der Waals surface area contributed by atoms with Gasteiger partial charge in [0.1, 0.15) is 18.5 Å². The molecule has 2 aromatic carbocycles. The minimum atomic E-state index is -3.75. The largest absolute Gasteiger partial charge is 0.445 e. The molecule has 2 rings (SSSR count). The van der Waals surface area contributed by atoms with Gasteiger partial charge in [-0.1, -0.05) is 42.5 Å². The Balaban J connectivity index is 2.29. The summed E-state index contributed by atoms with van der Waals surface area (Å²) in [4.78, 5) is 24.6. The number of alkyl halides is 2. The van der Waals surface area contributed by atoms with Gasteiger partial charge < -0.3 is 26.6 Å².